The van der Waals surface area contributed by atoms with Gasteiger partial charge in [0.05, 0.1) is 5.51 Å². The second kappa shape index (κ2) is 3.95. The highest BCUT2D eigenvalue weighted by Crippen LogP contribution is 2.09. The van der Waals surface area contributed by atoms with Crippen LogP contribution >= 0.6 is 11.3 Å². The molecular formula is C11H7NOS. The fraction of sp³-hybridized carbons (Fsp3) is 0. The van der Waals surface area contributed by atoms with Gasteiger partial charge in [0.1, 0.15) is 11.4 Å². The number of hydrogen-bond donors (Lipinski definition) is 1. The monoisotopic (exact) mass is 201 g/mol. The predicted octanol–water partition coefficient (Wildman–Crippen LogP) is 2.25. The molecule has 0 spiro atoms. The third-order valence-electron chi connectivity index (χ3n) is 1.61. The zero-order chi connectivity index (χ0) is 9.80. The van der Waals surface area contributed by atoms with Gasteiger partial charge in [0, 0.05) is 10.9 Å². The summed E-state index contributed by atoms with van der Waals surface area (Å²) in [6.45, 7) is 0. The van der Waals surface area contributed by atoms with Gasteiger partial charge in [-0.05, 0) is 24.1 Å². The summed E-state index contributed by atoms with van der Waals surface area (Å²) in [5, 5.41) is 11.1. The molecule has 0 atom stereocenters. The van der Waals surface area contributed by atoms with Gasteiger partial charge in [0.25, 0.3) is 0 Å². The lowest BCUT2D eigenvalue weighted by atomic mass is 10.2. The lowest BCUT2D eigenvalue weighted by Gasteiger charge is -1.90. The van der Waals surface area contributed by atoms with E-state index >= 15 is 0 Å². The van der Waals surface area contributed by atoms with E-state index in [1.165, 1.54) is 11.3 Å². The Morgan fingerprint density at radius 1 is 1.29 bits per heavy atom. The van der Waals surface area contributed by atoms with Crippen molar-refractivity contribution in [1.29, 1.82) is 0 Å². The van der Waals surface area contributed by atoms with Gasteiger partial charge < -0.3 is 5.11 Å². The number of rotatable bonds is 0. The van der Waals surface area contributed by atoms with Crippen molar-refractivity contribution in [2.75, 3.05) is 0 Å². The third kappa shape index (κ3) is 2.12. The van der Waals surface area contributed by atoms with Crippen LogP contribution in [-0.2, 0) is 0 Å². The molecule has 1 aromatic carbocycles. The summed E-state index contributed by atoms with van der Waals surface area (Å²) in [6, 6.07) is 6.85. The molecule has 0 fully saturated rings. The Morgan fingerprint density at radius 2 is 2.21 bits per heavy atom. The Morgan fingerprint density at radius 3 is 2.93 bits per heavy atom. The zero-order valence-electron chi connectivity index (χ0n) is 7.27. The Labute approximate surface area is 85.9 Å². The van der Waals surface area contributed by atoms with Crippen LogP contribution in [0, 0.1) is 11.8 Å². The van der Waals surface area contributed by atoms with Gasteiger partial charge in [-0.25, -0.2) is 4.98 Å². The second-order valence-corrected chi connectivity index (χ2v) is 3.39. The van der Waals surface area contributed by atoms with E-state index in [2.05, 4.69) is 16.8 Å². The molecule has 0 aliphatic rings. The van der Waals surface area contributed by atoms with Crippen molar-refractivity contribution in [2.45, 2.75) is 0 Å². The molecule has 2 aromatic rings. The van der Waals surface area contributed by atoms with E-state index in [-0.39, 0.29) is 5.75 Å². The zero-order valence-corrected chi connectivity index (χ0v) is 8.08. The molecule has 0 aliphatic heterocycles. The highest BCUT2D eigenvalue weighted by Gasteiger charge is 1.89. The Balaban J connectivity index is 2.26. The Hall–Kier alpha value is -1.79. The van der Waals surface area contributed by atoms with E-state index < -0.39 is 0 Å². The molecule has 2 nitrogen and oxygen atoms in total. The fourth-order valence-electron chi connectivity index (χ4n) is 0.994. The van der Waals surface area contributed by atoms with E-state index in [0.29, 0.717) is 0 Å². The maximum atomic E-state index is 9.19. The number of aromatic nitrogens is 1. The van der Waals surface area contributed by atoms with Crippen LogP contribution in [-0.4, -0.2) is 10.1 Å². The first kappa shape index (κ1) is 8.79. The molecule has 2 rings (SSSR count). The van der Waals surface area contributed by atoms with Crippen LogP contribution in [0.25, 0.3) is 0 Å². The second-order valence-electron chi connectivity index (χ2n) is 2.67. The van der Waals surface area contributed by atoms with Gasteiger partial charge >= 0.3 is 0 Å². The van der Waals surface area contributed by atoms with Crippen molar-refractivity contribution < 1.29 is 5.11 Å². The van der Waals surface area contributed by atoms with Crippen molar-refractivity contribution in [2.24, 2.45) is 0 Å². The average molecular weight is 201 g/mol. The van der Waals surface area contributed by atoms with Gasteiger partial charge in [-0.15, -0.1) is 11.3 Å². The van der Waals surface area contributed by atoms with Crippen LogP contribution in [0.2, 0.25) is 0 Å². The van der Waals surface area contributed by atoms with E-state index in [0.717, 1.165) is 11.3 Å². The number of phenolic OH excluding ortho intramolecular Hbond substituents is 1. The summed E-state index contributed by atoms with van der Waals surface area (Å²) in [6.07, 6.45) is 0. The van der Waals surface area contributed by atoms with Crippen LogP contribution in [0.3, 0.4) is 0 Å². The first-order valence-electron chi connectivity index (χ1n) is 4.04. The van der Waals surface area contributed by atoms with Crippen molar-refractivity contribution in [3.05, 3.63) is 46.4 Å². The van der Waals surface area contributed by atoms with Crippen molar-refractivity contribution in [1.82, 2.24) is 4.98 Å². The Bertz CT molecular complexity index is 479. The molecule has 3 heteroatoms. The number of phenols is 1. The summed E-state index contributed by atoms with van der Waals surface area (Å²) >= 11 is 1.51. The molecule has 0 radical (unpaired) electrons. The maximum absolute atomic E-state index is 9.19. The van der Waals surface area contributed by atoms with E-state index in [9.17, 15) is 5.11 Å². The average Bonchev–Trinajstić information content (AvgIpc) is 2.67. The molecule has 1 N–H and O–H groups in total. The normalized spacial score (nSPS) is 9.14. The molecule has 0 amide bonds. The number of nitrogens with zero attached hydrogens (tertiary/aromatic N) is 1. The molecular weight excluding hydrogens is 194 g/mol. The van der Waals surface area contributed by atoms with E-state index in [1.807, 2.05) is 11.4 Å². The van der Waals surface area contributed by atoms with Gasteiger partial charge in [-0.3, -0.25) is 0 Å². The molecule has 0 bridgehead atoms. The quantitative estimate of drug-likeness (QED) is 0.663. The summed E-state index contributed by atoms with van der Waals surface area (Å²) in [5.74, 6) is 6.06. The van der Waals surface area contributed by atoms with Gasteiger partial charge in [0.15, 0.2) is 0 Å². The van der Waals surface area contributed by atoms with Crippen LogP contribution < -0.4 is 0 Å². The molecule has 14 heavy (non-hydrogen) atoms. The summed E-state index contributed by atoms with van der Waals surface area (Å²) in [4.78, 5) is 4.04. The van der Waals surface area contributed by atoms with Crippen LogP contribution in [0.15, 0.2) is 35.2 Å². The predicted molar refractivity (Wildman–Crippen MR) is 56.2 cm³/mol. The van der Waals surface area contributed by atoms with Gasteiger partial charge in [-0.2, -0.15) is 0 Å². The minimum absolute atomic E-state index is 0.232. The molecule has 68 valence electrons. The standard InChI is InChI=1S/C11H7NOS/c13-11-3-1-2-9(6-11)4-5-10-7-14-8-12-10/h1-3,6-8,13H. The summed E-state index contributed by atoms with van der Waals surface area (Å²) in [5.41, 5.74) is 3.29. The SMILES string of the molecule is Oc1cccc(C#Cc2cscn2)c1. The topological polar surface area (TPSA) is 33.1 Å². The fourth-order valence-corrected chi connectivity index (χ4v) is 1.48. The molecule has 1 aromatic heterocycles. The van der Waals surface area contributed by atoms with E-state index in [1.54, 1.807) is 23.7 Å². The number of benzene rings is 1. The lowest BCUT2D eigenvalue weighted by molar-refractivity contribution is 0.475. The highest BCUT2D eigenvalue weighted by atomic mass is 32.1. The minimum Gasteiger partial charge on any atom is -0.508 e. The van der Waals surface area contributed by atoms with Crippen LogP contribution in [0.1, 0.15) is 11.3 Å². The van der Waals surface area contributed by atoms with Crippen molar-refractivity contribution in [3.63, 3.8) is 0 Å². The summed E-state index contributed by atoms with van der Waals surface area (Å²) < 4.78 is 0. The van der Waals surface area contributed by atoms with E-state index in [4.69, 9.17) is 0 Å². The summed E-state index contributed by atoms with van der Waals surface area (Å²) in [7, 11) is 0. The van der Waals surface area contributed by atoms with Gasteiger partial charge in [-0.1, -0.05) is 12.0 Å². The molecule has 0 unspecified atom stereocenters. The van der Waals surface area contributed by atoms with Gasteiger partial charge in [0.2, 0.25) is 0 Å². The molecule has 1 heterocycles. The number of hydrogen-bond acceptors (Lipinski definition) is 3. The number of thiazole rings is 1. The van der Waals surface area contributed by atoms with Crippen LogP contribution in [0.5, 0.6) is 5.75 Å². The van der Waals surface area contributed by atoms with Crippen molar-refractivity contribution >= 4 is 11.3 Å². The molecule has 0 saturated carbocycles. The number of aromatic hydroxyl groups is 1. The third-order valence-corrected chi connectivity index (χ3v) is 2.20. The minimum atomic E-state index is 0.232. The Kier molecular flexibility index (Phi) is 2.48. The van der Waals surface area contributed by atoms with Crippen LogP contribution in [0.4, 0.5) is 0 Å². The first-order chi connectivity index (χ1) is 6.84. The first-order valence-corrected chi connectivity index (χ1v) is 4.98. The smallest absolute Gasteiger partial charge is 0.124 e. The molecule has 0 saturated heterocycles. The molecule has 0 aliphatic carbocycles. The van der Waals surface area contributed by atoms with Crippen molar-refractivity contribution in [3.8, 4) is 17.6 Å². The maximum Gasteiger partial charge on any atom is 0.124 e. The highest BCUT2D eigenvalue weighted by molar-refractivity contribution is 7.07. The lowest BCUT2D eigenvalue weighted by Crippen LogP contribution is -1.74. The largest absolute Gasteiger partial charge is 0.508 e.